The Kier molecular flexibility index (Phi) is 2.84. The quantitative estimate of drug-likeness (QED) is 0.633. The molecule has 1 aliphatic rings. The van der Waals surface area contributed by atoms with E-state index in [9.17, 15) is 0 Å². The minimum Gasteiger partial charge on any atom is -0.363 e. The molecule has 2 nitrogen and oxygen atoms in total. The van der Waals surface area contributed by atoms with Gasteiger partial charge in [0.05, 0.1) is 4.99 Å². The second-order valence-electron chi connectivity index (χ2n) is 3.41. The summed E-state index contributed by atoms with van der Waals surface area (Å²) in [6.45, 7) is 5.33. The molecule has 0 aromatic rings. The van der Waals surface area contributed by atoms with Crippen molar-refractivity contribution in [3.63, 3.8) is 0 Å². The van der Waals surface area contributed by atoms with Crippen molar-refractivity contribution in [2.24, 2.45) is 5.73 Å². The van der Waals surface area contributed by atoms with E-state index in [0.29, 0.717) is 6.04 Å². The predicted molar refractivity (Wildman–Crippen MR) is 51.6 cm³/mol. The largest absolute Gasteiger partial charge is 0.363 e. The van der Waals surface area contributed by atoms with Gasteiger partial charge in [0.1, 0.15) is 0 Å². The molecule has 1 aliphatic heterocycles. The van der Waals surface area contributed by atoms with Crippen molar-refractivity contribution < 1.29 is 0 Å². The van der Waals surface area contributed by atoms with E-state index < -0.39 is 0 Å². The summed E-state index contributed by atoms with van der Waals surface area (Å²) >= 11 is 5.23. The summed E-state index contributed by atoms with van der Waals surface area (Å²) in [6, 6.07) is 0.858. The van der Waals surface area contributed by atoms with Crippen molar-refractivity contribution >= 4 is 17.2 Å². The van der Waals surface area contributed by atoms with Gasteiger partial charge in [-0.15, -0.1) is 0 Å². The van der Waals surface area contributed by atoms with Gasteiger partial charge in [0.25, 0.3) is 0 Å². The number of hydrogen-bond acceptors (Lipinski definition) is 2. The number of rotatable bonds is 2. The lowest BCUT2D eigenvalue weighted by atomic mass is 10.0. The molecule has 64 valence electrons. The van der Waals surface area contributed by atoms with Crippen molar-refractivity contribution in [3.05, 3.63) is 0 Å². The first kappa shape index (κ1) is 8.94. The van der Waals surface area contributed by atoms with Gasteiger partial charge >= 0.3 is 0 Å². The van der Waals surface area contributed by atoms with Crippen molar-refractivity contribution in [2.45, 2.75) is 38.8 Å². The Labute approximate surface area is 73.7 Å². The third-order valence-corrected chi connectivity index (χ3v) is 2.54. The van der Waals surface area contributed by atoms with Crippen LogP contribution in [0.2, 0.25) is 0 Å². The molecule has 0 spiro atoms. The van der Waals surface area contributed by atoms with Gasteiger partial charge < -0.3 is 10.6 Å². The fourth-order valence-electron chi connectivity index (χ4n) is 1.28. The molecule has 0 unspecified atom stereocenters. The summed E-state index contributed by atoms with van der Waals surface area (Å²) in [5, 5.41) is 0. The Hall–Kier alpha value is -0.150. The number of nitrogens with two attached hydrogens (primary N) is 1. The molecule has 1 heterocycles. The maximum absolute atomic E-state index is 5.64. The zero-order chi connectivity index (χ0) is 8.43. The van der Waals surface area contributed by atoms with Gasteiger partial charge in [0.15, 0.2) is 0 Å². The molecule has 2 N–H and O–H groups in total. The van der Waals surface area contributed by atoms with E-state index in [1.54, 1.807) is 0 Å². The monoisotopic (exact) mass is 172 g/mol. The molecule has 1 fully saturated rings. The fourth-order valence-corrected chi connectivity index (χ4v) is 1.81. The van der Waals surface area contributed by atoms with Crippen molar-refractivity contribution in [1.29, 1.82) is 0 Å². The van der Waals surface area contributed by atoms with Crippen LogP contribution in [0.3, 0.4) is 0 Å². The average molecular weight is 172 g/mol. The van der Waals surface area contributed by atoms with Crippen LogP contribution in [0.25, 0.3) is 0 Å². The van der Waals surface area contributed by atoms with Gasteiger partial charge in [0.2, 0.25) is 0 Å². The van der Waals surface area contributed by atoms with E-state index in [1.165, 1.54) is 6.42 Å². The molecule has 1 saturated heterocycles. The Balaban J connectivity index is 2.30. The van der Waals surface area contributed by atoms with Crippen LogP contribution in [0.15, 0.2) is 0 Å². The Morgan fingerprint density at radius 1 is 1.82 bits per heavy atom. The lowest BCUT2D eigenvalue weighted by Crippen LogP contribution is -2.49. The highest BCUT2D eigenvalue weighted by Crippen LogP contribution is 2.18. The zero-order valence-electron chi connectivity index (χ0n) is 7.21. The molecular weight excluding hydrogens is 156 g/mol. The molecule has 0 radical (unpaired) electrons. The Morgan fingerprint density at radius 3 is 2.73 bits per heavy atom. The average Bonchev–Trinajstić information content (AvgIpc) is 1.82. The van der Waals surface area contributed by atoms with Crippen molar-refractivity contribution in [2.75, 3.05) is 6.54 Å². The first-order chi connectivity index (χ1) is 5.11. The van der Waals surface area contributed by atoms with Crippen molar-refractivity contribution in [3.8, 4) is 0 Å². The molecule has 0 saturated carbocycles. The van der Waals surface area contributed by atoms with Gasteiger partial charge in [0, 0.05) is 25.0 Å². The molecule has 0 amide bonds. The standard InChI is InChI=1S/C8H16N2S/c1-6(9)5-8(11)10-4-3-7(10)2/h6-7H,3-5,9H2,1-2H3/t6-,7-/m1/s1. The van der Waals surface area contributed by atoms with E-state index >= 15 is 0 Å². The molecule has 0 aromatic heterocycles. The minimum atomic E-state index is 0.204. The molecular formula is C8H16N2S. The SMILES string of the molecule is C[C@@H]1CCN1C(=S)C[C@@H](C)N. The van der Waals surface area contributed by atoms with E-state index in [2.05, 4.69) is 11.8 Å². The molecule has 3 heteroatoms. The first-order valence-electron chi connectivity index (χ1n) is 4.16. The second kappa shape index (κ2) is 3.50. The van der Waals surface area contributed by atoms with Crippen LogP contribution in [-0.2, 0) is 0 Å². The Morgan fingerprint density at radius 2 is 2.45 bits per heavy atom. The molecule has 11 heavy (non-hydrogen) atoms. The molecule has 2 atom stereocenters. The highest BCUT2D eigenvalue weighted by molar-refractivity contribution is 7.80. The van der Waals surface area contributed by atoms with Crippen LogP contribution in [0.5, 0.6) is 0 Å². The van der Waals surface area contributed by atoms with Crippen molar-refractivity contribution in [1.82, 2.24) is 4.90 Å². The molecule has 0 aromatic carbocycles. The summed E-state index contributed by atoms with van der Waals surface area (Å²) in [7, 11) is 0. The summed E-state index contributed by atoms with van der Waals surface area (Å²) in [5.41, 5.74) is 5.64. The van der Waals surface area contributed by atoms with Gasteiger partial charge in [-0.1, -0.05) is 12.2 Å². The van der Waals surface area contributed by atoms with Crippen LogP contribution < -0.4 is 5.73 Å². The lowest BCUT2D eigenvalue weighted by molar-refractivity contribution is 0.203. The molecule has 1 rings (SSSR count). The highest BCUT2D eigenvalue weighted by Gasteiger charge is 2.25. The van der Waals surface area contributed by atoms with Crippen LogP contribution in [-0.4, -0.2) is 28.5 Å². The zero-order valence-corrected chi connectivity index (χ0v) is 8.03. The van der Waals surface area contributed by atoms with Gasteiger partial charge in [-0.3, -0.25) is 0 Å². The third-order valence-electron chi connectivity index (χ3n) is 2.14. The predicted octanol–water partition coefficient (Wildman–Crippen LogP) is 1.15. The van der Waals surface area contributed by atoms with E-state index in [4.69, 9.17) is 18.0 Å². The fraction of sp³-hybridized carbons (Fsp3) is 0.875. The summed E-state index contributed by atoms with van der Waals surface area (Å²) in [4.78, 5) is 3.30. The molecule has 0 aliphatic carbocycles. The number of likely N-dealkylation sites (tertiary alicyclic amines) is 1. The van der Waals surface area contributed by atoms with Gasteiger partial charge in [-0.25, -0.2) is 0 Å². The normalized spacial score (nSPS) is 26.1. The van der Waals surface area contributed by atoms with Crippen LogP contribution in [0.1, 0.15) is 26.7 Å². The van der Waals surface area contributed by atoms with E-state index in [0.717, 1.165) is 18.0 Å². The van der Waals surface area contributed by atoms with E-state index in [-0.39, 0.29) is 6.04 Å². The first-order valence-corrected chi connectivity index (χ1v) is 4.57. The Bertz CT molecular complexity index is 156. The number of hydrogen-bond donors (Lipinski definition) is 1. The summed E-state index contributed by atoms with van der Waals surface area (Å²) < 4.78 is 0. The minimum absolute atomic E-state index is 0.204. The van der Waals surface area contributed by atoms with Gasteiger partial charge in [-0.2, -0.15) is 0 Å². The third kappa shape index (κ3) is 2.14. The number of thiocarbonyl (C=S) groups is 1. The van der Waals surface area contributed by atoms with Crippen LogP contribution >= 0.6 is 12.2 Å². The highest BCUT2D eigenvalue weighted by atomic mass is 32.1. The number of nitrogens with zero attached hydrogens (tertiary/aromatic N) is 1. The summed E-state index contributed by atoms with van der Waals surface area (Å²) in [5.74, 6) is 0. The topological polar surface area (TPSA) is 29.3 Å². The van der Waals surface area contributed by atoms with Crippen LogP contribution in [0, 0.1) is 0 Å². The smallest absolute Gasteiger partial charge is 0.0797 e. The second-order valence-corrected chi connectivity index (χ2v) is 3.88. The lowest BCUT2D eigenvalue weighted by Gasteiger charge is -2.41. The summed E-state index contributed by atoms with van der Waals surface area (Å²) in [6.07, 6.45) is 2.14. The van der Waals surface area contributed by atoms with E-state index in [1.807, 2.05) is 6.92 Å². The maximum Gasteiger partial charge on any atom is 0.0797 e. The molecule has 0 bridgehead atoms. The maximum atomic E-state index is 5.64. The van der Waals surface area contributed by atoms with Crippen LogP contribution in [0.4, 0.5) is 0 Å². The van der Waals surface area contributed by atoms with Gasteiger partial charge in [-0.05, 0) is 20.3 Å².